The van der Waals surface area contributed by atoms with E-state index in [-0.39, 0.29) is 28.9 Å². The number of benzene rings is 2. The molecule has 1 amide bonds. The summed E-state index contributed by atoms with van der Waals surface area (Å²) in [5.41, 5.74) is 1.67. The van der Waals surface area contributed by atoms with Crippen molar-refractivity contribution >= 4 is 28.9 Å². The van der Waals surface area contributed by atoms with Gasteiger partial charge in [0, 0.05) is 62.7 Å². The minimum absolute atomic E-state index is 0.146. The topological polar surface area (TPSA) is 109 Å². The highest BCUT2D eigenvalue weighted by molar-refractivity contribution is 6.15. The van der Waals surface area contributed by atoms with Crippen LogP contribution < -0.4 is 15.1 Å². The van der Waals surface area contributed by atoms with Crippen molar-refractivity contribution in [3.8, 4) is 0 Å². The smallest absolute Gasteiger partial charge is 0.293 e. The minimum atomic E-state index is -0.515. The zero-order valence-electron chi connectivity index (χ0n) is 20.4. The van der Waals surface area contributed by atoms with Crippen molar-refractivity contribution < 1.29 is 14.5 Å². The van der Waals surface area contributed by atoms with Gasteiger partial charge >= 0.3 is 0 Å². The minimum Gasteiger partial charge on any atom is -0.372 e. The molecule has 4 rings (SSSR count). The van der Waals surface area contributed by atoms with E-state index in [2.05, 4.69) is 15.2 Å². The SMILES string of the molecule is CN(C)c1ccc(C(=O)c2ccccc2C(=O)NCc2cccnc2N2CCCCC2)cc1[N+](=O)[O-]. The summed E-state index contributed by atoms with van der Waals surface area (Å²) in [4.78, 5) is 46.0. The molecule has 1 saturated heterocycles. The zero-order valence-corrected chi connectivity index (χ0v) is 20.4. The van der Waals surface area contributed by atoms with Gasteiger partial charge in [0.05, 0.1) is 10.5 Å². The van der Waals surface area contributed by atoms with E-state index in [1.54, 1.807) is 61.6 Å². The molecule has 2 aromatic carbocycles. The number of hydrogen-bond acceptors (Lipinski definition) is 7. The predicted octanol–water partition coefficient (Wildman–Crippen LogP) is 4.21. The van der Waals surface area contributed by atoms with Crippen LogP contribution in [0.1, 0.15) is 51.1 Å². The molecule has 0 saturated carbocycles. The van der Waals surface area contributed by atoms with Crippen molar-refractivity contribution in [2.24, 2.45) is 0 Å². The maximum absolute atomic E-state index is 13.3. The van der Waals surface area contributed by atoms with Crippen LogP contribution in [-0.2, 0) is 6.54 Å². The Balaban J connectivity index is 1.56. The Kier molecular flexibility index (Phi) is 7.58. The molecule has 1 aromatic heterocycles. The molecule has 0 unspecified atom stereocenters. The maximum Gasteiger partial charge on any atom is 0.293 e. The lowest BCUT2D eigenvalue weighted by Gasteiger charge is -2.29. The lowest BCUT2D eigenvalue weighted by atomic mass is 9.97. The molecular formula is C27H29N5O4. The highest BCUT2D eigenvalue weighted by atomic mass is 16.6. The normalized spacial score (nSPS) is 13.2. The average molecular weight is 488 g/mol. The van der Waals surface area contributed by atoms with E-state index in [0.717, 1.165) is 37.3 Å². The van der Waals surface area contributed by atoms with Gasteiger partial charge in [0.25, 0.3) is 11.6 Å². The second-order valence-electron chi connectivity index (χ2n) is 8.95. The van der Waals surface area contributed by atoms with Crippen LogP contribution in [0.5, 0.6) is 0 Å². The molecule has 1 N–H and O–H groups in total. The fourth-order valence-corrected chi connectivity index (χ4v) is 4.45. The predicted molar refractivity (Wildman–Crippen MR) is 139 cm³/mol. The number of hydrogen-bond donors (Lipinski definition) is 1. The van der Waals surface area contributed by atoms with Crippen LogP contribution in [0.4, 0.5) is 17.2 Å². The number of piperidine rings is 1. The van der Waals surface area contributed by atoms with Crippen molar-refractivity contribution in [2.75, 3.05) is 37.0 Å². The monoisotopic (exact) mass is 487 g/mol. The van der Waals surface area contributed by atoms with Crippen LogP contribution in [0, 0.1) is 10.1 Å². The molecule has 3 aromatic rings. The van der Waals surface area contributed by atoms with Crippen molar-refractivity contribution in [2.45, 2.75) is 25.8 Å². The molecule has 186 valence electrons. The lowest BCUT2D eigenvalue weighted by Crippen LogP contribution is -2.32. The Morgan fingerprint density at radius 2 is 1.75 bits per heavy atom. The molecule has 2 heterocycles. The van der Waals surface area contributed by atoms with Gasteiger partial charge in [-0.25, -0.2) is 4.98 Å². The quantitative estimate of drug-likeness (QED) is 0.288. The standard InChI is InChI=1S/C27H29N5O4/c1-30(2)23-13-12-19(17-24(23)32(35)36)25(33)21-10-4-5-11-22(21)27(34)29-18-20-9-8-14-28-26(20)31-15-6-3-7-16-31/h4-5,8-14,17H,3,6-7,15-16,18H2,1-2H3,(H,29,34). The van der Waals surface area contributed by atoms with Gasteiger partial charge < -0.3 is 15.1 Å². The second-order valence-corrected chi connectivity index (χ2v) is 8.95. The molecule has 36 heavy (non-hydrogen) atoms. The summed E-state index contributed by atoms with van der Waals surface area (Å²) in [6, 6.07) is 14.6. The van der Waals surface area contributed by atoms with Gasteiger partial charge in [0.2, 0.25) is 0 Å². The first kappa shape index (κ1) is 24.8. The van der Waals surface area contributed by atoms with Crippen LogP contribution in [0.2, 0.25) is 0 Å². The summed E-state index contributed by atoms with van der Waals surface area (Å²) in [5, 5.41) is 14.5. The van der Waals surface area contributed by atoms with Gasteiger partial charge in [-0.2, -0.15) is 0 Å². The first-order chi connectivity index (χ1) is 17.4. The molecule has 0 aliphatic carbocycles. The molecular weight excluding hydrogens is 458 g/mol. The molecule has 9 nitrogen and oxygen atoms in total. The number of nitro groups is 1. The molecule has 0 atom stereocenters. The summed E-state index contributed by atoms with van der Waals surface area (Å²) >= 11 is 0. The van der Waals surface area contributed by atoms with E-state index in [9.17, 15) is 19.7 Å². The molecule has 0 bridgehead atoms. The highest BCUT2D eigenvalue weighted by Gasteiger charge is 2.23. The Morgan fingerprint density at radius 3 is 2.44 bits per heavy atom. The van der Waals surface area contributed by atoms with E-state index in [1.165, 1.54) is 12.5 Å². The van der Waals surface area contributed by atoms with Crippen LogP contribution in [0.25, 0.3) is 0 Å². The number of pyridine rings is 1. The number of nitrogens with one attached hydrogen (secondary N) is 1. The first-order valence-corrected chi connectivity index (χ1v) is 11.9. The fraction of sp³-hybridized carbons (Fsp3) is 0.296. The first-order valence-electron chi connectivity index (χ1n) is 11.9. The van der Waals surface area contributed by atoms with Gasteiger partial charge in [0.1, 0.15) is 11.5 Å². The van der Waals surface area contributed by atoms with Crippen molar-refractivity contribution in [1.29, 1.82) is 0 Å². The summed E-state index contributed by atoms with van der Waals surface area (Å²) in [6.45, 7) is 2.14. The van der Waals surface area contributed by atoms with E-state index >= 15 is 0 Å². The van der Waals surface area contributed by atoms with Gasteiger partial charge in [-0.05, 0) is 43.5 Å². The van der Waals surface area contributed by atoms with Crippen LogP contribution in [0.15, 0.2) is 60.8 Å². The van der Waals surface area contributed by atoms with Gasteiger partial charge in [-0.1, -0.05) is 24.3 Å². The fourth-order valence-electron chi connectivity index (χ4n) is 4.45. The third-order valence-corrected chi connectivity index (χ3v) is 6.29. The van der Waals surface area contributed by atoms with Gasteiger partial charge in [-0.3, -0.25) is 19.7 Å². The van der Waals surface area contributed by atoms with Gasteiger partial charge in [-0.15, -0.1) is 0 Å². The average Bonchev–Trinajstić information content (AvgIpc) is 2.91. The van der Waals surface area contributed by atoms with Crippen LogP contribution in [-0.4, -0.2) is 48.8 Å². The molecule has 0 spiro atoms. The number of anilines is 2. The van der Waals surface area contributed by atoms with E-state index in [1.807, 2.05) is 12.1 Å². The Morgan fingerprint density at radius 1 is 1.03 bits per heavy atom. The number of nitrogens with zero attached hydrogens (tertiary/aromatic N) is 4. The Labute approximate surface area is 209 Å². The number of carbonyl (C=O) groups excluding carboxylic acids is 2. The molecule has 0 radical (unpaired) electrons. The molecule has 1 aliphatic rings. The number of rotatable bonds is 8. The summed E-state index contributed by atoms with van der Waals surface area (Å²) < 4.78 is 0. The Hall–Kier alpha value is -4.27. The summed E-state index contributed by atoms with van der Waals surface area (Å²) in [7, 11) is 3.39. The van der Waals surface area contributed by atoms with Crippen LogP contribution in [0.3, 0.4) is 0 Å². The lowest BCUT2D eigenvalue weighted by molar-refractivity contribution is -0.384. The second kappa shape index (κ2) is 11.0. The highest BCUT2D eigenvalue weighted by Crippen LogP contribution is 2.29. The number of amides is 1. The van der Waals surface area contributed by atoms with E-state index in [4.69, 9.17) is 0 Å². The van der Waals surface area contributed by atoms with Crippen molar-refractivity contribution in [3.63, 3.8) is 0 Å². The van der Waals surface area contributed by atoms with Crippen molar-refractivity contribution in [1.82, 2.24) is 10.3 Å². The Bertz CT molecular complexity index is 1280. The maximum atomic E-state index is 13.3. The number of carbonyl (C=O) groups is 2. The third kappa shape index (κ3) is 5.35. The van der Waals surface area contributed by atoms with Crippen molar-refractivity contribution in [3.05, 3.63) is 93.2 Å². The molecule has 1 fully saturated rings. The molecule has 1 aliphatic heterocycles. The number of aromatic nitrogens is 1. The summed E-state index contributed by atoms with van der Waals surface area (Å²) in [6.07, 6.45) is 5.20. The van der Waals surface area contributed by atoms with E-state index < -0.39 is 16.6 Å². The largest absolute Gasteiger partial charge is 0.372 e. The number of nitro benzene ring substituents is 1. The van der Waals surface area contributed by atoms with Gasteiger partial charge in [0.15, 0.2) is 5.78 Å². The zero-order chi connectivity index (χ0) is 25.7. The summed E-state index contributed by atoms with van der Waals surface area (Å²) in [5.74, 6) is 0.0199. The van der Waals surface area contributed by atoms with Crippen LogP contribution >= 0.6 is 0 Å². The van der Waals surface area contributed by atoms with E-state index in [0.29, 0.717) is 5.69 Å². The third-order valence-electron chi connectivity index (χ3n) is 6.29. The molecule has 9 heteroatoms. The number of ketones is 1.